The van der Waals surface area contributed by atoms with Crippen molar-refractivity contribution in [2.75, 3.05) is 5.32 Å². The van der Waals surface area contributed by atoms with E-state index in [1.54, 1.807) is 23.6 Å². The van der Waals surface area contributed by atoms with Gasteiger partial charge in [-0.25, -0.2) is 9.97 Å². The van der Waals surface area contributed by atoms with Gasteiger partial charge in [-0.3, -0.25) is 0 Å². The third-order valence-corrected chi connectivity index (χ3v) is 3.52. The minimum Gasteiger partial charge on any atom is -0.316 e. The van der Waals surface area contributed by atoms with Crippen LogP contribution in [0.1, 0.15) is 10.4 Å². The number of thiazole rings is 1. The van der Waals surface area contributed by atoms with Gasteiger partial charge in [0.05, 0.1) is 17.1 Å². The molecule has 0 atom stereocenters. The molecule has 0 saturated carbocycles. The van der Waals surface area contributed by atoms with E-state index in [2.05, 4.69) is 21.4 Å². The average Bonchev–Trinajstić information content (AvgIpc) is 2.83. The number of rotatable bonds is 2. The molecule has 0 fully saturated rings. The predicted molar refractivity (Wildman–Crippen MR) is 76.6 cm³/mol. The normalized spacial score (nSPS) is 10.3. The molecule has 0 unspecified atom stereocenters. The Balaban J connectivity index is 2.07. The van der Waals surface area contributed by atoms with Crippen LogP contribution in [0.25, 0.3) is 10.9 Å². The number of benzene rings is 1. The molecule has 3 aromatic rings. The van der Waals surface area contributed by atoms with Crippen LogP contribution < -0.4 is 5.32 Å². The molecular formula is C14H10N4S. The van der Waals surface area contributed by atoms with Crippen molar-refractivity contribution < 1.29 is 0 Å². The number of hydrogen-bond acceptors (Lipinski definition) is 5. The third kappa shape index (κ3) is 2.26. The average molecular weight is 266 g/mol. The third-order valence-electron chi connectivity index (χ3n) is 2.69. The minimum atomic E-state index is 0.612. The first-order valence-corrected chi connectivity index (χ1v) is 6.57. The summed E-state index contributed by atoms with van der Waals surface area (Å²) in [5.74, 6) is 0.643. The van der Waals surface area contributed by atoms with Gasteiger partial charge < -0.3 is 5.32 Å². The zero-order chi connectivity index (χ0) is 13.2. The number of aryl methyl sites for hydroxylation is 1. The number of para-hydroxylation sites is 1. The number of hydrogen-bond donors (Lipinski definition) is 1. The van der Waals surface area contributed by atoms with E-state index in [1.807, 2.05) is 31.2 Å². The fourth-order valence-electron chi connectivity index (χ4n) is 1.85. The highest BCUT2D eigenvalue weighted by Crippen LogP contribution is 2.24. The van der Waals surface area contributed by atoms with Crippen LogP contribution in [0.5, 0.6) is 0 Å². The first kappa shape index (κ1) is 11.6. The molecule has 0 bridgehead atoms. The first-order chi connectivity index (χ1) is 9.26. The Labute approximate surface area is 114 Å². The highest BCUT2D eigenvalue weighted by atomic mass is 32.1. The SMILES string of the molecule is Cc1cnc(Nc2cc(C#N)c3ccccc3n2)s1. The maximum atomic E-state index is 9.21. The standard InChI is InChI=1S/C14H10N4S/c1-9-8-16-14(19-9)18-13-6-10(7-15)11-4-2-3-5-12(11)17-13/h2-6,8H,1H3,(H,16,17,18). The van der Waals surface area contributed by atoms with Gasteiger partial charge in [-0.2, -0.15) is 5.26 Å². The van der Waals surface area contributed by atoms with Crippen LogP contribution in [0.2, 0.25) is 0 Å². The Morgan fingerprint density at radius 1 is 1.32 bits per heavy atom. The highest BCUT2D eigenvalue weighted by molar-refractivity contribution is 7.15. The van der Waals surface area contributed by atoms with Crippen molar-refractivity contribution in [3.05, 3.63) is 47.0 Å². The molecule has 4 nitrogen and oxygen atoms in total. The summed E-state index contributed by atoms with van der Waals surface area (Å²) in [5.41, 5.74) is 1.42. The lowest BCUT2D eigenvalue weighted by atomic mass is 10.1. The summed E-state index contributed by atoms with van der Waals surface area (Å²) in [7, 11) is 0. The zero-order valence-electron chi connectivity index (χ0n) is 10.2. The Bertz CT molecular complexity index is 785. The van der Waals surface area contributed by atoms with Crippen molar-refractivity contribution in [2.24, 2.45) is 0 Å². The zero-order valence-corrected chi connectivity index (χ0v) is 11.0. The van der Waals surface area contributed by atoms with Crippen LogP contribution in [0, 0.1) is 18.3 Å². The maximum Gasteiger partial charge on any atom is 0.188 e. The van der Waals surface area contributed by atoms with E-state index in [0.717, 1.165) is 20.9 Å². The number of nitrogens with one attached hydrogen (secondary N) is 1. The molecule has 19 heavy (non-hydrogen) atoms. The quantitative estimate of drug-likeness (QED) is 0.769. The van der Waals surface area contributed by atoms with Crippen LogP contribution in [-0.2, 0) is 0 Å². The molecule has 0 radical (unpaired) electrons. The van der Waals surface area contributed by atoms with Crippen molar-refractivity contribution in [1.29, 1.82) is 5.26 Å². The molecule has 2 aromatic heterocycles. The second-order valence-corrected chi connectivity index (χ2v) is 5.32. The van der Waals surface area contributed by atoms with E-state index >= 15 is 0 Å². The van der Waals surface area contributed by atoms with Crippen molar-refractivity contribution in [3.8, 4) is 6.07 Å². The molecule has 0 aliphatic rings. The molecule has 0 aliphatic carbocycles. The monoisotopic (exact) mass is 266 g/mol. The Hall–Kier alpha value is -2.45. The van der Waals surface area contributed by atoms with Crippen molar-refractivity contribution in [1.82, 2.24) is 9.97 Å². The van der Waals surface area contributed by atoms with E-state index < -0.39 is 0 Å². The smallest absolute Gasteiger partial charge is 0.188 e. The van der Waals surface area contributed by atoms with Gasteiger partial charge in [0.1, 0.15) is 5.82 Å². The number of nitriles is 1. The molecule has 0 amide bonds. The van der Waals surface area contributed by atoms with Crippen LogP contribution in [0.15, 0.2) is 36.5 Å². The Morgan fingerprint density at radius 2 is 2.16 bits per heavy atom. The number of anilines is 2. The maximum absolute atomic E-state index is 9.21. The molecule has 1 N–H and O–H groups in total. The summed E-state index contributed by atoms with van der Waals surface area (Å²) in [4.78, 5) is 9.85. The van der Waals surface area contributed by atoms with Crippen molar-refractivity contribution >= 4 is 33.2 Å². The van der Waals surface area contributed by atoms with Gasteiger partial charge in [0, 0.05) is 16.5 Å². The fourth-order valence-corrected chi connectivity index (χ4v) is 2.53. The molecule has 92 valence electrons. The van der Waals surface area contributed by atoms with E-state index in [1.165, 1.54) is 0 Å². The fraction of sp³-hybridized carbons (Fsp3) is 0.0714. The lowest BCUT2D eigenvalue weighted by molar-refractivity contribution is 1.31. The second-order valence-electron chi connectivity index (χ2n) is 4.09. The summed E-state index contributed by atoms with van der Waals surface area (Å²) < 4.78 is 0. The molecule has 0 spiro atoms. The van der Waals surface area contributed by atoms with Gasteiger partial charge in [-0.1, -0.05) is 18.2 Å². The van der Waals surface area contributed by atoms with Gasteiger partial charge in [0.25, 0.3) is 0 Å². The number of pyridine rings is 1. The number of aromatic nitrogens is 2. The van der Waals surface area contributed by atoms with Crippen LogP contribution in [-0.4, -0.2) is 9.97 Å². The van der Waals surface area contributed by atoms with Gasteiger partial charge >= 0.3 is 0 Å². The van der Waals surface area contributed by atoms with E-state index in [0.29, 0.717) is 11.4 Å². The van der Waals surface area contributed by atoms with Crippen LogP contribution in [0.4, 0.5) is 10.9 Å². The number of fused-ring (bicyclic) bond motifs is 1. The summed E-state index contributed by atoms with van der Waals surface area (Å²) >= 11 is 1.56. The number of nitrogens with zero attached hydrogens (tertiary/aromatic N) is 3. The summed E-state index contributed by atoms with van der Waals surface area (Å²) in [6.45, 7) is 2.00. The first-order valence-electron chi connectivity index (χ1n) is 5.75. The second kappa shape index (κ2) is 4.67. The van der Waals surface area contributed by atoms with E-state index in [-0.39, 0.29) is 0 Å². The van der Waals surface area contributed by atoms with Gasteiger partial charge in [-0.15, -0.1) is 11.3 Å². The van der Waals surface area contributed by atoms with Crippen molar-refractivity contribution in [3.63, 3.8) is 0 Å². The molecular weight excluding hydrogens is 256 g/mol. The Kier molecular flexibility index (Phi) is 2.86. The van der Waals surface area contributed by atoms with Crippen LogP contribution in [0.3, 0.4) is 0 Å². The lowest BCUT2D eigenvalue weighted by Crippen LogP contribution is -1.95. The molecule has 5 heteroatoms. The van der Waals surface area contributed by atoms with Gasteiger partial charge in [0.15, 0.2) is 5.13 Å². The largest absolute Gasteiger partial charge is 0.316 e. The van der Waals surface area contributed by atoms with Gasteiger partial charge in [-0.05, 0) is 19.1 Å². The molecule has 3 rings (SSSR count). The lowest BCUT2D eigenvalue weighted by Gasteiger charge is -2.05. The molecule has 2 heterocycles. The van der Waals surface area contributed by atoms with E-state index in [9.17, 15) is 5.26 Å². The highest BCUT2D eigenvalue weighted by Gasteiger charge is 2.06. The minimum absolute atomic E-state index is 0.612. The van der Waals surface area contributed by atoms with Crippen LogP contribution >= 0.6 is 11.3 Å². The molecule has 1 aromatic carbocycles. The molecule has 0 aliphatic heterocycles. The predicted octanol–water partition coefficient (Wildman–Crippen LogP) is 3.62. The van der Waals surface area contributed by atoms with E-state index in [4.69, 9.17) is 0 Å². The van der Waals surface area contributed by atoms with Gasteiger partial charge in [0.2, 0.25) is 0 Å². The summed E-state index contributed by atoms with van der Waals surface area (Å²) in [6, 6.07) is 11.6. The van der Waals surface area contributed by atoms with Crippen molar-refractivity contribution in [2.45, 2.75) is 6.92 Å². The topological polar surface area (TPSA) is 61.6 Å². The molecule has 0 saturated heterocycles. The summed E-state index contributed by atoms with van der Waals surface area (Å²) in [5, 5.41) is 14.0. The summed E-state index contributed by atoms with van der Waals surface area (Å²) in [6.07, 6.45) is 1.80. The Morgan fingerprint density at radius 3 is 2.89 bits per heavy atom.